The molecule has 2 rings (SSSR count). The van der Waals surface area contributed by atoms with Crippen LogP contribution in [0.2, 0.25) is 0 Å². The lowest BCUT2D eigenvalue weighted by molar-refractivity contribution is 0.101. The Hall–Kier alpha value is -1.90. The molecule has 0 spiro atoms. The van der Waals surface area contributed by atoms with Gasteiger partial charge in [0.25, 0.3) is 0 Å². The van der Waals surface area contributed by atoms with Crippen molar-refractivity contribution in [2.24, 2.45) is 0 Å². The molecule has 3 nitrogen and oxygen atoms in total. The Kier molecular flexibility index (Phi) is 3.38. The Labute approximate surface area is 100 Å². The fraction of sp³-hybridized carbons (Fsp3) is 0.286. The van der Waals surface area contributed by atoms with E-state index in [0.29, 0.717) is 11.3 Å². The summed E-state index contributed by atoms with van der Waals surface area (Å²) in [4.78, 5) is 11.4. The molecule has 0 atom stereocenters. The van der Waals surface area contributed by atoms with Crippen LogP contribution in [0.1, 0.15) is 36.2 Å². The molecule has 88 valence electrons. The molecule has 0 fully saturated rings. The van der Waals surface area contributed by atoms with Gasteiger partial charge in [-0.2, -0.15) is 0 Å². The number of rotatable bonds is 4. The third-order valence-corrected chi connectivity index (χ3v) is 2.70. The first-order valence-electron chi connectivity index (χ1n) is 5.77. The summed E-state index contributed by atoms with van der Waals surface area (Å²) in [6.07, 6.45) is 3.66. The fourth-order valence-electron chi connectivity index (χ4n) is 1.81. The van der Waals surface area contributed by atoms with E-state index in [1.54, 1.807) is 0 Å². The monoisotopic (exact) mass is 229 g/mol. The lowest BCUT2D eigenvalue weighted by Crippen LogP contribution is -1.92. The molecule has 0 unspecified atom stereocenters. The number of Topliss-reactive ketones (excluding diaryl/α,β-unsaturated/α-hetero) is 1. The van der Waals surface area contributed by atoms with Gasteiger partial charge in [0.15, 0.2) is 11.5 Å². The SMILES string of the molecule is CCCc1ccc(-c2oncc2C(C)=O)cc1. The lowest BCUT2D eigenvalue weighted by Gasteiger charge is -2.01. The summed E-state index contributed by atoms with van der Waals surface area (Å²) in [6.45, 7) is 3.67. The molecule has 1 aromatic heterocycles. The molecule has 17 heavy (non-hydrogen) atoms. The largest absolute Gasteiger partial charge is 0.356 e. The predicted octanol–water partition coefficient (Wildman–Crippen LogP) is 3.50. The van der Waals surface area contributed by atoms with Gasteiger partial charge in [0, 0.05) is 5.56 Å². The third-order valence-electron chi connectivity index (χ3n) is 2.70. The second kappa shape index (κ2) is 4.95. The van der Waals surface area contributed by atoms with Crippen LogP contribution in [-0.2, 0) is 6.42 Å². The van der Waals surface area contributed by atoms with Crippen LogP contribution in [-0.4, -0.2) is 10.9 Å². The third kappa shape index (κ3) is 2.44. The van der Waals surface area contributed by atoms with Crippen molar-refractivity contribution in [1.29, 1.82) is 0 Å². The van der Waals surface area contributed by atoms with E-state index >= 15 is 0 Å². The van der Waals surface area contributed by atoms with E-state index in [4.69, 9.17) is 4.52 Å². The Morgan fingerprint density at radius 2 is 2.00 bits per heavy atom. The van der Waals surface area contributed by atoms with Gasteiger partial charge in [-0.15, -0.1) is 0 Å². The average Bonchev–Trinajstić information content (AvgIpc) is 2.79. The standard InChI is InChI=1S/C14H15NO2/c1-3-4-11-5-7-12(8-6-11)14-13(10(2)16)9-15-17-14/h5-9H,3-4H2,1-2H3. The van der Waals surface area contributed by atoms with Crippen LogP contribution in [0.3, 0.4) is 0 Å². The van der Waals surface area contributed by atoms with Crippen molar-refractivity contribution in [3.8, 4) is 11.3 Å². The summed E-state index contributed by atoms with van der Waals surface area (Å²) in [6, 6.07) is 8.06. The molecule has 0 aliphatic rings. The maximum absolute atomic E-state index is 11.4. The van der Waals surface area contributed by atoms with Crippen LogP contribution in [0.15, 0.2) is 35.0 Å². The highest BCUT2D eigenvalue weighted by molar-refractivity contribution is 5.99. The van der Waals surface area contributed by atoms with Gasteiger partial charge >= 0.3 is 0 Å². The van der Waals surface area contributed by atoms with Crippen molar-refractivity contribution < 1.29 is 9.32 Å². The van der Waals surface area contributed by atoms with Crippen LogP contribution in [0.4, 0.5) is 0 Å². The van der Waals surface area contributed by atoms with Crippen molar-refractivity contribution in [2.75, 3.05) is 0 Å². The van der Waals surface area contributed by atoms with E-state index in [2.05, 4.69) is 24.2 Å². The minimum atomic E-state index is -0.0288. The smallest absolute Gasteiger partial charge is 0.177 e. The molecule has 0 aliphatic carbocycles. The van der Waals surface area contributed by atoms with E-state index in [9.17, 15) is 4.79 Å². The van der Waals surface area contributed by atoms with E-state index < -0.39 is 0 Å². The second-order valence-corrected chi connectivity index (χ2v) is 4.07. The molecular formula is C14H15NO2. The Bertz CT molecular complexity index is 511. The van der Waals surface area contributed by atoms with Crippen molar-refractivity contribution in [3.63, 3.8) is 0 Å². The first-order valence-corrected chi connectivity index (χ1v) is 5.77. The second-order valence-electron chi connectivity index (χ2n) is 4.07. The quantitative estimate of drug-likeness (QED) is 0.753. The van der Waals surface area contributed by atoms with Gasteiger partial charge < -0.3 is 4.52 Å². The minimum absolute atomic E-state index is 0.0288. The summed E-state index contributed by atoms with van der Waals surface area (Å²) in [5, 5.41) is 3.68. The van der Waals surface area contributed by atoms with Gasteiger partial charge in [0.2, 0.25) is 0 Å². The molecule has 0 saturated carbocycles. The zero-order valence-corrected chi connectivity index (χ0v) is 10.1. The maximum atomic E-state index is 11.4. The van der Waals surface area contributed by atoms with Crippen molar-refractivity contribution in [2.45, 2.75) is 26.7 Å². The average molecular weight is 229 g/mol. The summed E-state index contributed by atoms with van der Waals surface area (Å²) >= 11 is 0. The zero-order valence-electron chi connectivity index (χ0n) is 10.1. The predicted molar refractivity (Wildman–Crippen MR) is 65.9 cm³/mol. The molecule has 0 amide bonds. The van der Waals surface area contributed by atoms with Crippen LogP contribution in [0.25, 0.3) is 11.3 Å². The molecule has 0 N–H and O–H groups in total. The highest BCUT2D eigenvalue weighted by Crippen LogP contribution is 2.24. The number of aryl methyl sites for hydroxylation is 1. The van der Waals surface area contributed by atoms with E-state index in [0.717, 1.165) is 18.4 Å². The molecular weight excluding hydrogens is 214 g/mol. The molecule has 0 radical (unpaired) electrons. The molecule has 1 heterocycles. The minimum Gasteiger partial charge on any atom is -0.356 e. The first kappa shape index (κ1) is 11.6. The molecule has 0 aliphatic heterocycles. The number of hydrogen-bond acceptors (Lipinski definition) is 3. The maximum Gasteiger partial charge on any atom is 0.177 e. The Morgan fingerprint density at radius 3 is 2.59 bits per heavy atom. The van der Waals surface area contributed by atoms with Gasteiger partial charge in [0.1, 0.15) is 0 Å². The van der Waals surface area contributed by atoms with Gasteiger partial charge in [-0.25, -0.2) is 0 Å². The van der Waals surface area contributed by atoms with Crippen molar-refractivity contribution in [1.82, 2.24) is 5.16 Å². The van der Waals surface area contributed by atoms with Crippen molar-refractivity contribution in [3.05, 3.63) is 41.6 Å². The summed E-state index contributed by atoms with van der Waals surface area (Å²) in [5.41, 5.74) is 2.72. The zero-order chi connectivity index (χ0) is 12.3. The van der Waals surface area contributed by atoms with E-state index in [-0.39, 0.29) is 5.78 Å². The Morgan fingerprint density at radius 1 is 1.29 bits per heavy atom. The van der Waals surface area contributed by atoms with Crippen molar-refractivity contribution >= 4 is 5.78 Å². The molecule has 3 heteroatoms. The number of ketones is 1. The number of carbonyl (C=O) groups excluding carboxylic acids is 1. The lowest BCUT2D eigenvalue weighted by atomic mass is 10.0. The van der Waals surface area contributed by atoms with Gasteiger partial charge in [-0.3, -0.25) is 4.79 Å². The summed E-state index contributed by atoms with van der Waals surface area (Å²) in [5.74, 6) is 0.527. The molecule has 0 bridgehead atoms. The molecule has 0 saturated heterocycles. The number of benzene rings is 1. The first-order chi connectivity index (χ1) is 8.22. The summed E-state index contributed by atoms with van der Waals surface area (Å²) < 4.78 is 5.14. The van der Waals surface area contributed by atoms with Gasteiger partial charge in [0.05, 0.1) is 11.8 Å². The number of hydrogen-bond donors (Lipinski definition) is 0. The van der Waals surface area contributed by atoms with Gasteiger partial charge in [-0.05, 0) is 18.9 Å². The highest BCUT2D eigenvalue weighted by Gasteiger charge is 2.13. The highest BCUT2D eigenvalue weighted by atomic mass is 16.5. The van der Waals surface area contributed by atoms with Crippen LogP contribution in [0, 0.1) is 0 Å². The normalized spacial score (nSPS) is 10.5. The molecule has 1 aromatic carbocycles. The topological polar surface area (TPSA) is 43.1 Å². The summed E-state index contributed by atoms with van der Waals surface area (Å²) in [7, 11) is 0. The van der Waals surface area contributed by atoms with Crippen LogP contribution < -0.4 is 0 Å². The molecule has 2 aromatic rings. The Balaban J connectivity index is 2.33. The van der Waals surface area contributed by atoms with Crippen LogP contribution in [0.5, 0.6) is 0 Å². The van der Waals surface area contributed by atoms with Gasteiger partial charge in [-0.1, -0.05) is 42.8 Å². The number of nitrogens with zero attached hydrogens (tertiary/aromatic N) is 1. The van der Waals surface area contributed by atoms with E-state index in [1.165, 1.54) is 18.7 Å². The van der Waals surface area contributed by atoms with E-state index in [1.807, 2.05) is 12.1 Å². The number of carbonyl (C=O) groups is 1. The number of aromatic nitrogens is 1. The van der Waals surface area contributed by atoms with Crippen LogP contribution >= 0.6 is 0 Å². The fourth-order valence-corrected chi connectivity index (χ4v) is 1.81.